The number of nitrogens with zero attached hydrogens (tertiary/aromatic N) is 6. The molecule has 3 heterocycles. The van der Waals surface area contributed by atoms with Crippen molar-refractivity contribution in [3.63, 3.8) is 0 Å². The number of rotatable bonds is 6. The molecular formula is C25H28N6OS. The van der Waals surface area contributed by atoms with Crippen LogP contribution >= 0.6 is 11.8 Å². The summed E-state index contributed by atoms with van der Waals surface area (Å²) >= 11 is 1.59. The molecule has 1 aliphatic rings. The Labute approximate surface area is 198 Å². The lowest BCUT2D eigenvalue weighted by Crippen LogP contribution is -2.31. The van der Waals surface area contributed by atoms with E-state index in [0.29, 0.717) is 11.8 Å². The molecule has 0 spiro atoms. The Morgan fingerprint density at radius 2 is 1.67 bits per heavy atom. The summed E-state index contributed by atoms with van der Waals surface area (Å²) in [6.45, 7) is 8.23. The van der Waals surface area contributed by atoms with Gasteiger partial charge in [0.15, 0.2) is 5.16 Å². The third-order valence-corrected chi connectivity index (χ3v) is 6.91. The number of hydrogen-bond donors (Lipinski definition) is 0. The fraction of sp³-hybridized carbons (Fsp3) is 0.360. The molecule has 7 nitrogen and oxygen atoms in total. The van der Waals surface area contributed by atoms with Crippen molar-refractivity contribution >= 4 is 17.7 Å². The second kappa shape index (κ2) is 9.39. The standard InChI is InChI=1S/C25H28N6OS/c1-17-10-12-21(13-11-17)31-24(30-14-5-4-6-15-30)28-29-25(31)33-19(3)22-26-27-23(32-22)20-9-7-8-18(2)16-20/h7-13,16,19H,4-6,14-15H2,1-3H3. The van der Waals surface area contributed by atoms with E-state index < -0.39 is 0 Å². The van der Waals surface area contributed by atoms with Gasteiger partial charge in [-0.1, -0.05) is 47.2 Å². The van der Waals surface area contributed by atoms with Crippen LogP contribution in [0.2, 0.25) is 0 Å². The second-order valence-electron chi connectivity index (χ2n) is 8.58. The first-order valence-corrected chi connectivity index (χ1v) is 12.3. The Kier molecular flexibility index (Phi) is 6.17. The van der Waals surface area contributed by atoms with Crippen LogP contribution in [0, 0.1) is 13.8 Å². The summed E-state index contributed by atoms with van der Waals surface area (Å²) < 4.78 is 8.19. The number of benzene rings is 2. The van der Waals surface area contributed by atoms with Crippen LogP contribution in [0.1, 0.15) is 48.5 Å². The van der Waals surface area contributed by atoms with E-state index in [-0.39, 0.29) is 5.25 Å². The van der Waals surface area contributed by atoms with Gasteiger partial charge in [0.25, 0.3) is 0 Å². The van der Waals surface area contributed by atoms with Crippen LogP contribution < -0.4 is 4.90 Å². The zero-order valence-corrected chi connectivity index (χ0v) is 20.0. The highest BCUT2D eigenvalue weighted by Crippen LogP contribution is 2.37. The number of thioether (sulfide) groups is 1. The van der Waals surface area contributed by atoms with Crippen molar-refractivity contribution in [2.75, 3.05) is 18.0 Å². The Balaban J connectivity index is 1.44. The van der Waals surface area contributed by atoms with Crippen LogP contribution in [0.25, 0.3) is 17.1 Å². The van der Waals surface area contributed by atoms with Crippen LogP contribution in [0.15, 0.2) is 58.1 Å². The molecule has 0 aliphatic carbocycles. The van der Waals surface area contributed by atoms with E-state index in [1.54, 1.807) is 11.8 Å². The number of hydrogen-bond acceptors (Lipinski definition) is 7. The highest BCUT2D eigenvalue weighted by molar-refractivity contribution is 7.99. The average Bonchev–Trinajstić information content (AvgIpc) is 3.48. The zero-order chi connectivity index (χ0) is 22.8. The van der Waals surface area contributed by atoms with Crippen molar-refractivity contribution in [1.29, 1.82) is 0 Å². The smallest absolute Gasteiger partial charge is 0.247 e. The highest BCUT2D eigenvalue weighted by atomic mass is 32.2. The van der Waals surface area contributed by atoms with Crippen LogP contribution in [0.3, 0.4) is 0 Å². The van der Waals surface area contributed by atoms with E-state index >= 15 is 0 Å². The molecule has 33 heavy (non-hydrogen) atoms. The second-order valence-corrected chi connectivity index (χ2v) is 9.88. The summed E-state index contributed by atoms with van der Waals surface area (Å²) in [6, 6.07) is 16.6. The van der Waals surface area contributed by atoms with Gasteiger partial charge in [-0.3, -0.25) is 4.57 Å². The molecule has 1 aliphatic heterocycles. The normalized spacial score (nSPS) is 15.1. The van der Waals surface area contributed by atoms with E-state index in [0.717, 1.165) is 41.0 Å². The quantitative estimate of drug-likeness (QED) is 0.338. The van der Waals surface area contributed by atoms with Crippen molar-refractivity contribution in [1.82, 2.24) is 25.0 Å². The van der Waals surface area contributed by atoms with Crippen molar-refractivity contribution < 1.29 is 4.42 Å². The number of anilines is 1. The summed E-state index contributed by atoms with van der Waals surface area (Å²) in [4.78, 5) is 2.34. The van der Waals surface area contributed by atoms with Crippen LogP contribution in [-0.2, 0) is 0 Å². The van der Waals surface area contributed by atoms with E-state index in [2.05, 4.69) is 81.0 Å². The van der Waals surface area contributed by atoms with E-state index in [4.69, 9.17) is 4.42 Å². The van der Waals surface area contributed by atoms with Gasteiger partial charge in [-0.15, -0.1) is 20.4 Å². The first-order valence-electron chi connectivity index (χ1n) is 11.4. The fourth-order valence-electron chi connectivity index (χ4n) is 4.06. The van der Waals surface area contributed by atoms with Crippen molar-refractivity contribution in [3.05, 3.63) is 65.5 Å². The predicted molar refractivity (Wildman–Crippen MR) is 131 cm³/mol. The van der Waals surface area contributed by atoms with Gasteiger partial charge in [-0.2, -0.15) is 0 Å². The first-order chi connectivity index (χ1) is 16.1. The molecule has 1 atom stereocenters. The van der Waals surface area contributed by atoms with Gasteiger partial charge < -0.3 is 9.32 Å². The Bertz CT molecular complexity index is 1230. The minimum Gasteiger partial charge on any atom is -0.419 e. The lowest BCUT2D eigenvalue weighted by atomic mass is 10.1. The molecule has 4 aromatic rings. The molecule has 1 saturated heterocycles. The molecule has 2 aromatic carbocycles. The molecule has 0 N–H and O–H groups in total. The third kappa shape index (κ3) is 4.66. The Hall–Kier alpha value is -3.13. The molecule has 0 radical (unpaired) electrons. The molecule has 1 fully saturated rings. The minimum atomic E-state index is -0.0707. The van der Waals surface area contributed by atoms with Crippen LogP contribution in [0.5, 0.6) is 0 Å². The Morgan fingerprint density at radius 1 is 0.879 bits per heavy atom. The first kappa shape index (κ1) is 21.7. The summed E-state index contributed by atoms with van der Waals surface area (Å²) in [6.07, 6.45) is 3.64. The van der Waals surface area contributed by atoms with Crippen LogP contribution in [0.4, 0.5) is 5.95 Å². The van der Waals surface area contributed by atoms with E-state index in [1.807, 2.05) is 18.2 Å². The number of aromatic nitrogens is 5. The molecule has 8 heteroatoms. The zero-order valence-electron chi connectivity index (χ0n) is 19.2. The lowest BCUT2D eigenvalue weighted by Gasteiger charge is -2.28. The molecule has 0 saturated carbocycles. The van der Waals surface area contributed by atoms with Gasteiger partial charge >= 0.3 is 0 Å². The maximum Gasteiger partial charge on any atom is 0.247 e. The molecular weight excluding hydrogens is 432 g/mol. The number of aryl methyl sites for hydroxylation is 2. The summed E-state index contributed by atoms with van der Waals surface area (Å²) in [5, 5.41) is 18.5. The van der Waals surface area contributed by atoms with Gasteiger partial charge in [0.2, 0.25) is 17.7 Å². The largest absolute Gasteiger partial charge is 0.419 e. The van der Waals surface area contributed by atoms with Gasteiger partial charge in [0, 0.05) is 18.7 Å². The highest BCUT2D eigenvalue weighted by Gasteiger charge is 2.25. The maximum atomic E-state index is 6.03. The lowest BCUT2D eigenvalue weighted by molar-refractivity contribution is 0.509. The SMILES string of the molecule is Cc1ccc(-n2c(SC(C)c3nnc(-c4cccc(C)c4)o3)nnc2N2CCCCC2)cc1. The third-order valence-electron chi connectivity index (χ3n) is 5.88. The molecule has 170 valence electrons. The van der Waals surface area contributed by atoms with Crippen molar-refractivity contribution in [2.24, 2.45) is 0 Å². The monoisotopic (exact) mass is 460 g/mol. The minimum absolute atomic E-state index is 0.0707. The van der Waals surface area contributed by atoms with Crippen molar-refractivity contribution in [3.8, 4) is 17.1 Å². The van der Waals surface area contributed by atoms with Gasteiger partial charge in [0.1, 0.15) is 0 Å². The summed E-state index contributed by atoms with van der Waals surface area (Å²) in [5.74, 6) is 2.02. The molecule has 0 amide bonds. The topological polar surface area (TPSA) is 72.9 Å². The Morgan fingerprint density at radius 3 is 2.42 bits per heavy atom. The number of piperidine rings is 1. The fourth-order valence-corrected chi connectivity index (χ4v) is 4.95. The van der Waals surface area contributed by atoms with Crippen molar-refractivity contribution in [2.45, 2.75) is 50.4 Å². The molecule has 5 rings (SSSR count). The predicted octanol–water partition coefficient (Wildman–Crippen LogP) is 5.78. The van der Waals surface area contributed by atoms with Gasteiger partial charge in [-0.25, -0.2) is 0 Å². The average molecular weight is 461 g/mol. The summed E-state index contributed by atoms with van der Waals surface area (Å²) in [5.41, 5.74) is 4.38. The molecule has 2 aromatic heterocycles. The van der Waals surface area contributed by atoms with E-state index in [1.165, 1.54) is 24.8 Å². The van der Waals surface area contributed by atoms with Crippen LogP contribution in [-0.4, -0.2) is 38.1 Å². The van der Waals surface area contributed by atoms with E-state index in [9.17, 15) is 0 Å². The molecule has 1 unspecified atom stereocenters. The van der Waals surface area contributed by atoms with Gasteiger partial charge in [0.05, 0.1) is 10.9 Å². The summed E-state index contributed by atoms with van der Waals surface area (Å²) in [7, 11) is 0. The molecule has 0 bridgehead atoms. The van der Waals surface area contributed by atoms with Gasteiger partial charge in [-0.05, 0) is 64.3 Å². The maximum absolute atomic E-state index is 6.03.